The van der Waals surface area contributed by atoms with Crippen LogP contribution in [-0.2, 0) is 0 Å². The van der Waals surface area contributed by atoms with Gasteiger partial charge in [-0.2, -0.15) is 0 Å². The molecule has 0 aliphatic heterocycles. The third kappa shape index (κ3) is 3.80. The molecule has 0 spiro atoms. The molecule has 0 atom stereocenters. The maximum atomic E-state index is 5.85. The Kier molecular flexibility index (Phi) is 5.65. The summed E-state index contributed by atoms with van der Waals surface area (Å²) in [7, 11) is 1.34. The van der Waals surface area contributed by atoms with Gasteiger partial charge in [-0.1, -0.05) is 0 Å². The summed E-state index contributed by atoms with van der Waals surface area (Å²) >= 11 is 0. The van der Waals surface area contributed by atoms with E-state index in [0.717, 1.165) is 12.3 Å². The first-order chi connectivity index (χ1) is 7.83. The molecule has 0 unspecified atom stereocenters. The first-order valence-electron chi connectivity index (χ1n) is 6.78. The number of hydrogen-bond acceptors (Lipinski definition) is 0. The van der Waals surface area contributed by atoms with Crippen molar-refractivity contribution in [1.82, 2.24) is 0 Å². The monoisotopic (exact) mass is 282 g/mol. The van der Waals surface area contributed by atoms with E-state index in [1.165, 1.54) is 0 Å². The van der Waals surface area contributed by atoms with Crippen LogP contribution in [0.2, 0.25) is 0 Å². The molecule has 0 rings (SSSR count). The standard InChI is InChI=1S/C14H30B2P2/c1-9-17(15,13(3,4)5)11-12-18(16,10-2)14(6,7)8/h1-2,17-18H,11-12,15-16H2,3-8H3. The van der Waals surface area contributed by atoms with E-state index in [9.17, 15) is 0 Å². The second-order valence-corrected chi connectivity index (χ2v) is 17.9. The van der Waals surface area contributed by atoms with Gasteiger partial charge in [0.05, 0.1) is 0 Å². The Morgan fingerprint density at radius 1 is 0.778 bits per heavy atom. The molecule has 0 heterocycles. The van der Waals surface area contributed by atoms with E-state index in [-0.39, 0.29) is 10.3 Å². The molecule has 0 radical (unpaired) electrons. The summed E-state index contributed by atoms with van der Waals surface area (Å²) in [6.07, 6.45) is 14.0. The van der Waals surface area contributed by atoms with E-state index in [1.807, 2.05) is 0 Å². The summed E-state index contributed by atoms with van der Waals surface area (Å²) in [5.41, 5.74) is 6.32. The van der Waals surface area contributed by atoms with Gasteiger partial charge in [0.15, 0.2) is 0 Å². The Labute approximate surface area is 118 Å². The summed E-state index contributed by atoms with van der Waals surface area (Å²) < 4.78 is 0. The van der Waals surface area contributed by atoms with E-state index in [0.29, 0.717) is 0 Å². The van der Waals surface area contributed by atoms with Crippen LogP contribution in [0.1, 0.15) is 41.5 Å². The zero-order chi connectivity index (χ0) is 14.8. The molecule has 0 aliphatic rings. The zero-order valence-electron chi connectivity index (χ0n) is 13.6. The second kappa shape index (κ2) is 5.62. The van der Waals surface area contributed by atoms with E-state index >= 15 is 0 Å². The predicted molar refractivity (Wildman–Crippen MR) is 101 cm³/mol. The van der Waals surface area contributed by atoms with Crippen LogP contribution in [0.15, 0.2) is 0 Å². The Hall–Kier alpha value is 0.110. The molecule has 0 aromatic rings. The molecular weight excluding hydrogens is 252 g/mol. The van der Waals surface area contributed by atoms with Gasteiger partial charge < -0.3 is 0 Å². The molecule has 0 amide bonds. The van der Waals surface area contributed by atoms with Crippen molar-refractivity contribution in [3.63, 3.8) is 0 Å². The average Bonchev–Trinajstić information content (AvgIpc) is 2.22. The SMILES string of the molecule is B[PH](C#C)(CC[PH](B)(C#C)C(C)(C)C)C(C)(C)C. The van der Waals surface area contributed by atoms with Crippen molar-refractivity contribution < 1.29 is 0 Å². The van der Waals surface area contributed by atoms with Gasteiger partial charge >= 0.3 is 118 Å². The first-order valence-corrected chi connectivity index (χ1v) is 12.2. The van der Waals surface area contributed by atoms with E-state index in [2.05, 4.69) is 68.0 Å². The van der Waals surface area contributed by atoms with Gasteiger partial charge in [-0.25, -0.2) is 0 Å². The van der Waals surface area contributed by atoms with E-state index in [1.54, 1.807) is 0 Å². The summed E-state index contributed by atoms with van der Waals surface area (Å²) in [5, 5.41) is 0.507. The van der Waals surface area contributed by atoms with E-state index < -0.39 is 14.3 Å². The number of hydrogen-bond donors (Lipinski definition) is 0. The average molecular weight is 282 g/mol. The fourth-order valence-corrected chi connectivity index (χ4v) is 8.48. The van der Waals surface area contributed by atoms with Crippen LogP contribution in [0.5, 0.6) is 0 Å². The minimum absolute atomic E-state index is 0.254. The fraction of sp³-hybridized carbons (Fsp3) is 0.714. The minimum atomic E-state index is -1.66. The van der Waals surface area contributed by atoms with Crippen molar-refractivity contribution in [2.24, 2.45) is 0 Å². The second-order valence-electron chi connectivity index (χ2n) is 7.95. The van der Waals surface area contributed by atoms with Crippen LogP contribution < -0.4 is 0 Å². The van der Waals surface area contributed by atoms with Gasteiger partial charge in [-0.15, -0.1) is 0 Å². The molecule has 0 aromatic carbocycles. The molecule has 0 nitrogen and oxygen atoms in total. The van der Waals surface area contributed by atoms with Crippen molar-refractivity contribution in [3.05, 3.63) is 0 Å². The number of rotatable bonds is 3. The van der Waals surface area contributed by atoms with Crippen LogP contribution in [-0.4, -0.2) is 37.8 Å². The zero-order valence-corrected chi connectivity index (χ0v) is 15.6. The van der Waals surface area contributed by atoms with Gasteiger partial charge in [-0.3, -0.25) is 0 Å². The van der Waals surface area contributed by atoms with Crippen LogP contribution >= 0.6 is 14.3 Å². The van der Waals surface area contributed by atoms with Crippen molar-refractivity contribution in [3.8, 4) is 24.2 Å². The molecular formula is C14H30B2P2. The van der Waals surface area contributed by atoms with Gasteiger partial charge in [-0.05, 0) is 0 Å². The quantitative estimate of drug-likeness (QED) is 0.423. The molecule has 0 saturated heterocycles. The van der Waals surface area contributed by atoms with Crippen LogP contribution in [0.3, 0.4) is 0 Å². The predicted octanol–water partition coefficient (Wildman–Crippen LogP) is 2.36. The molecule has 0 aromatic heterocycles. The Bertz CT molecular complexity index is 341. The van der Waals surface area contributed by atoms with Crippen molar-refractivity contribution in [2.45, 2.75) is 51.9 Å². The molecule has 0 aliphatic carbocycles. The molecule has 0 bridgehead atoms. The van der Waals surface area contributed by atoms with Gasteiger partial charge in [0.1, 0.15) is 0 Å². The molecule has 4 heteroatoms. The molecule has 18 heavy (non-hydrogen) atoms. The van der Waals surface area contributed by atoms with Crippen LogP contribution in [0.4, 0.5) is 0 Å². The number of terminal acetylenes is 2. The van der Waals surface area contributed by atoms with Crippen LogP contribution in [0, 0.1) is 24.2 Å². The maximum absolute atomic E-state index is 5.85. The Morgan fingerprint density at radius 2 is 1.00 bits per heavy atom. The fourth-order valence-electron chi connectivity index (χ4n) is 1.83. The normalized spacial score (nSPS) is 15.6. The molecule has 102 valence electrons. The molecule has 0 fully saturated rings. The van der Waals surface area contributed by atoms with Crippen molar-refractivity contribution >= 4 is 29.4 Å². The van der Waals surface area contributed by atoms with Crippen LogP contribution in [0.25, 0.3) is 0 Å². The van der Waals surface area contributed by atoms with Gasteiger partial charge in [0.25, 0.3) is 0 Å². The molecule has 0 saturated carbocycles. The first kappa shape index (κ1) is 18.1. The summed E-state index contributed by atoms with van der Waals surface area (Å²) in [4.78, 5) is 0. The Balaban J connectivity index is 5.09. The summed E-state index contributed by atoms with van der Waals surface area (Å²) in [5.74, 6) is 0. The third-order valence-electron chi connectivity index (χ3n) is 5.07. The van der Waals surface area contributed by atoms with Crippen molar-refractivity contribution in [1.29, 1.82) is 0 Å². The van der Waals surface area contributed by atoms with E-state index in [4.69, 9.17) is 12.8 Å². The van der Waals surface area contributed by atoms with Gasteiger partial charge in [0.2, 0.25) is 0 Å². The Morgan fingerprint density at radius 3 is 1.11 bits per heavy atom. The third-order valence-corrected chi connectivity index (χ3v) is 16.0. The molecule has 0 N–H and O–H groups in total. The topological polar surface area (TPSA) is 0 Å². The summed E-state index contributed by atoms with van der Waals surface area (Å²) in [6.45, 7) is 13.7. The van der Waals surface area contributed by atoms with Crippen molar-refractivity contribution in [2.75, 3.05) is 12.3 Å². The van der Waals surface area contributed by atoms with Gasteiger partial charge in [0, 0.05) is 0 Å². The summed E-state index contributed by atoms with van der Waals surface area (Å²) in [6, 6.07) is 0.